The molecule has 2 aliphatic rings. The Morgan fingerprint density at radius 2 is 1.58 bits per heavy atom. The zero-order valence-corrected chi connectivity index (χ0v) is 19.4. The first kappa shape index (κ1) is 22.1. The monoisotopic (exact) mass is 482 g/mol. The largest absolute Gasteiger partial charge is 0.503 e. The lowest BCUT2D eigenvalue weighted by atomic mass is 9.94. The topological polar surface area (TPSA) is 74.0 Å². The average Bonchev–Trinajstić information content (AvgIpc) is 3.63. The molecule has 1 fully saturated rings. The van der Waals surface area contributed by atoms with Gasteiger partial charge in [0, 0.05) is 29.9 Å². The Kier molecular flexibility index (Phi) is 5.33. The van der Waals surface area contributed by atoms with E-state index in [1.165, 1.54) is 29.2 Å². The molecule has 6 nitrogen and oxygen atoms in total. The number of rotatable bonds is 5. The van der Waals surface area contributed by atoms with E-state index in [-0.39, 0.29) is 11.3 Å². The zero-order chi connectivity index (χ0) is 24.8. The van der Waals surface area contributed by atoms with Crippen molar-refractivity contribution in [1.29, 1.82) is 0 Å². The van der Waals surface area contributed by atoms with Crippen molar-refractivity contribution in [2.24, 2.45) is 0 Å². The number of aliphatic hydroxyl groups excluding tert-OH is 1. The van der Waals surface area contributed by atoms with Gasteiger partial charge < -0.3 is 14.4 Å². The van der Waals surface area contributed by atoms with Crippen LogP contribution < -0.4 is 9.80 Å². The Labute approximate surface area is 206 Å². The number of carbonyl (C=O) groups excluding carboxylic acids is 2. The molecule has 1 saturated heterocycles. The summed E-state index contributed by atoms with van der Waals surface area (Å²) in [5, 5.41) is 11.7. The number of Topliss-reactive ketones (excluding diaryl/α,β-unsaturated/α-hetero) is 1. The van der Waals surface area contributed by atoms with Crippen molar-refractivity contribution in [1.82, 2.24) is 0 Å². The van der Waals surface area contributed by atoms with Gasteiger partial charge in [-0.05, 0) is 66.9 Å². The van der Waals surface area contributed by atoms with Crippen LogP contribution in [0.4, 0.5) is 15.8 Å². The van der Waals surface area contributed by atoms with Gasteiger partial charge in [0.2, 0.25) is 5.78 Å². The Morgan fingerprint density at radius 1 is 0.917 bits per heavy atom. The summed E-state index contributed by atoms with van der Waals surface area (Å²) in [5.41, 5.74) is 2.50. The van der Waals surface area contributed by atoms with E-state index in [4.69, 9.17) is 4.42 Å². The van der Waals surface area contributed by atoms with Crippen LogP contribution in [-0.2, 0) is 4.79 Å². The van der Waals surface area contributed by atoms with Gasteiger partial charge in [0.15, 0.2) is 11.5 Å². The Balaban J connectivity index is 1.43. The number of benzene rings is 3. The van der Waals surface area contributed by atoms with Gasteiger partial charge in [0.05, 0.1) is 11.6 Å². The van der Waals surface area contributed by atoms with Crippen LogP contribution in [0.15, 0.2) is 94.6 Å². The maximum atomic E-state index is 13.7. The summed E-state index contributed by atoms with van der Waals surface area (Å²) in [5.74, 6) is -2.36. The molecule has 1 unspecified atom stereocenters. The molecule has 6 rings (SSSR count). The number of furan rings is 1. The average molecular weight is 483 g/mol. The van der Waals surface area contributed by atoms with Crippen molar-refractivity contribution in [2.75, 3.05) is 22.9 Å². The van der Waals surface area contributed by atoms with Crippen molar-refractivity contribution in [3.8, 4) is 0 Å². The van der Waals surface area contributed by atoms with Crippen LogP contribution in [0.1, 0.15) is 35.0 Å². The number of hydrogen-bond donors (Lipinski definition) is 1. The SMILES string of the molecule is O=C(C1=C(O)C(=O)N(c2ccc(N3CCCC3)cc2)C1c1ccc(F)cc1)c1cc2ccccc2o1. The Bertz CT molecular complexity index is 1470. The lowest BCUT2D eigenvalue weighted by Gasteiger charge is -2.27. The second-order valence-corrected chi connectivity index (χ2v) is 9.08. The number of aliphatic hydroxyl groups is 1. The molecule has 180 valence electrons. The summed E-state index contributed by atoms with van der Waals surface area (Å²) in [6.07, 6.45) is 2.29. The molecule has 36 heavy (non-hydrogen) atoms. The number of hydrogen-bond acceptors (Lipinski definition) is 5. The summed E-state index contributed by atoms with van der Waals surface area (Å²) in [6, 6.07) is 20.9. The van der Waals surface area contributed by atoms with Gasteiger partial charge in [-0.25, -0.2) is 4.39 Å². The normalized spacial score (nSPS) is 18.0. The third-order valence-electron chi connectivity index (χ3n) is 6.89. The van der Waals surface area contributed by atoms with Crippen LogP contribution in [0.2, 0.25) is 0 Å². The molecule has 0 aliphatic carbocycles. The molecule has 3 heterocycles. The van der Waals surface area contributed by atoms with Gasteiger partial charge in [0.1, 0.15) is 11.4 Å². The summed E-state index contributed by atoms with van der Waals surface area (Å²) in [4.78, 5) is 30.7. The molecular weight excluding hydrogens is 459 g/mol. The predicted octanol–water partition coefficient (Wildman–Crippen LogP) is 5.96. The molecule has 1 N–H and O–H groups in total. The molecule has 2 aliphatic heterocycles. The van der Waals surface area contributed by atoms with Gasteiger partial charge in [-0.1, -0.05) is 30.3 Å². The number of para-hydroxylation sites is 1. The van der Waals surface area contributed by atoms with Crippen LogP contribution in [0, 0.1) is 5.82 Å². The highest BCUT2D eigenvalue weighted by atomic mass is 19.1. The highest BCUT2D eigenvalue weighted by Crippen LogP contribution is 2.42. The fraction of sp³-hybridized carbons (Fsp3) is 0.172. The first-order valence-corrected chi connectivity index (χ1v) is 11.9. The summed E-state index contributed by atoms with van der Waals surface area (Å²) >= 11 is 0. The Hall–Kier alpha value is -4.39. The van der Waals surface area contributed by atoms with Crippen molar-refractivity contribution >= 4 is 34.0 Å². The van der Waals surface area contributed by atoms with Gasteiger partial charge in [0.25, 0.3) is 5.91 Å². The molecule has 1 aromatic heterocycles. The summed E-state index contributed by atoms with van der Waals surface area (Å²) in [7, 11) is 0. The van der Waals surface area contributed by atoms with Gasteiger partial charge in [-0.2, -0.15) is 0 Å². The number of fused-ring (bicyclic) bond motifs is 1. The molecule has 0 radical (unpaired) electrons. The van der Waals surface area contributed by atoms with Crippen molar-refractivity contribution < 1.29 is 23.5 Å². The molecule has 1 amide bonds. The molecule has 3 aromatic carbocycles. The third kappa shape index (κ3) is 3.64. The second kappa shape index (κ2) is 8.68. The smallest absolute Gasteiger partial charge is 0.294 e. The van der Waals surface area contributed by atoms with Crippen LogP contribution in [-0.4, -0.2) is 29.9 Å². The number of ketones is 1. The molecule has 7 heteroatoms. The summed E-state index contributed by atoms with van der Waals surface area (Å²) < 4.78 is 19.5. The maximum absolute atomic E-state index is 13.7. The fourth-order valence-electron chi connectivity index (χ4n) is 5.09. The standard InChI is InChI=1S/C29H23FN2O4/c30-20-9-7-18(8-10-20)26-25(27(33)24-17-19-5-1-2-6-23(19)36-24)28(34)29(35)32(26)22-13-11-21(12-14-22)31-15-3-4-16-31/h1-2,5-14,17,26,34H,3-4,15-16H2. The number of halogens is 1. The molecule has 0 bridgehead atoms. The first-order chi connectivity index (χ1) is 17.5. The predicted molar refractivity (Wildman–Crippen MR) is 135 cm³/mol. The third-order valence-corrected chi connectivity index (χ3v) is 6.89. The van der Waals surface area contributed by atoms with E-state index in [9.17, 15) is 19.1 Å². The molecule has 1 atom stereocenters. The van der Waals surface area contributed by atoms with Crippen molar-refractivity contribution in [2.45, 2.75) is 18.9 Å². The highest BCUT2D eigenvalue weighted by molar-refractivity contribution is 6.20. The zero-order valence-electron chi connectivity index (χ0n) is 19.4. The minimum Gasteiger partial charge on any atom is -0.503 e. The van der Waals surface area contributed by atoms with E-state index >= 15 is 0 Å². The lowest BCUT2D eigenvalue weighted by Crippen LogP contribution is -2.31. The van der Waals surface area contributed by atoms with E-state index in [0.717, 1.165) is 37.0 Å². The maximum Gasteiger partial charge on any atom is 0.294 e. The van der Waals surface area contributed by atoms with E-state index in [1.54, 1.807) is 18.2 Å². The van der Waals surface area contributed by atoms with E-state index in [0.29, 0.717) is 16.8 Å². The van der Waals surface area contributed by atoms with Gasteiger partial charge >= 0.3 is 0 Å². The number of amides is 1. The number of nitrogens with zero attached hydrogens (tertiary/aromatic N) is 2. The van der Waals surface area contributed by atoms with E-state index in [1.807, 2.05) is 36.4 Å². The van der Waals surface area contributed by atoms with Crippen molar-refractivity contribution in [3.05, 3.63) is 107 Å². The summed E-state index contributed by atoms with van der Waals surface area (Å²) in [6.45, 7) is 1.97. The molecule has 4 aromatic rings. The second-order valence-electron chi connectivity index (χ2n) is 9.08. The Morgan fingerprint density at radius 3 is 2.28 bits per heavy atom. The quantitative estimate of drug-likeness (QED) is 0.356. The molecule has 0 spiro atoms. The highest BCUT2D eigenvalue weighted by Gasteiger charge is 2.45. The molecule has 0 saturated carbocycles. The van der Waals surface area contributed by atoms with E-state index < -0.39 is 29.3 Å². The van der Waals surface area contributed by atoms with Gasteiger partial charge in [-0.15, -0.1) is 0 Å². The van der Waals surface area contributed by atoms with Crippen molar-refractivity contribution in [3.63, 3.8) is 0 Å². The van der Waals surface area contributed by atoms with Crippen LogP contribution in [0.3, 0.4) is 0 Å². The van der Waals surface area contributed by atoms with E-state index in [2.05, 4.69) is 4.90 Å². The number of anilines is 2. The van der Waals surface area contributed by atoms with Crippen LogP contribution in [0.25, 0.3) is 11.0 Å². The minimum absolute atomic E-state index is 0.0175. The lowest BCUT2D eigenvalue weighted by molar-refractivity contribution is -0.117. The molecular formula is C29H23FN2O4. The fourth-order valence-corrected chi connectivity index (χ4v) is 5.09. The number of carbonyl (C=O) groups is 2. The minimum atomic E-state index is -0.948. The van der Waals surface area contributed by atoms with Crippen LogP contribution in [0.5, 0.6) is 0 Å². The first-order valence-electron chi connectivity index (χ1n) is 11.9. The van der Waals surface area contributed by atoms with Gasteiger partial charge in [-0.3, -0.25) is 14.5 Å². The van der Waals surface area contributed by atoms with Crippen LogP contribution >= 0.6 is 0 Å².